The molecule has 1 saturated carbocycles. The van der Waals surface area contributed by atoms with Crippen molar-refractivity contribution in [2.24, 2.45) is 11.7 Å². The van der Waals surface area contributed by atoms with E-state index in [0.29, 0.717) is 12.5 Å². The first-order valence-corrected chi connectivity index (χ1v) is 10.4. The minimum Gasteiger partial charge on any atom is -0.369 e. The lowest BCUT2D eigenvalue weighted by molar-refractivity contribution is -0.122. The Balaban J connectivity index is 1.64. The molecule has 1 amide bonds. The van der Waals surface area contributed by atoms with Gasteiger partial charge in [0.15, 0.2) is 0 Å². The fraction of sp³-hybridized carbons (Fsp3) is 0.632. The predicted octanol–water partition coefficient (Wildman–Crippen LogP) is 3.15. The Labute approximate surface area is 151 Å². The Kier molecular flexibility index (Phi) is 3.69. The van der Waals surface area contributed by atoms with Gasteiger partial charge in [0.2, 0.25) is 5.91 Å². The van der Waals surface area contributed by atoms with Crippen molar-refractivity contribution in [1.29, 1.82) is 0 Å². The molecule has 0 radical (unpaired) electrons. The van der Waals surface area contributed by atoms with E-state index in [-0.39, 0.29) is 11.8 Å². The van der Waals surface area contributed by atoms with E-state index in [1.165, 1.54) is 52.8 Å². The zero-order valence-electron chi connectivity index (χ0n) is 14.5. The average Bonchev–Trinajstić information content (AvgIpc) is 3.41. The maximum Gasteiger partial charge on any atom is 0.222 e. The van der Waals surface area contributed by atoms with E-state index >= 15 is 0 Å². The van der Waals surface area contributed by atoms with Crippen molar-refractivity contribution in [3.8, 4) is 0 Å². The molecule has 2 aliphatic carbocycles. The van der Waals surface area contributed by atoms with Crippen LogP contribution in [0.15, 0.2) is 0 Å². The number of hydrogen-bond acceptors (Lipinski definition) is 5. The predicted molar refractivity (Wildman–Crippen MR) is 100 cm³/mol. The van der Waals surface area contributed by atoms with Gasteiger partial charge in [-0.2, -0.15) is 0 Å². The molecule has 5 rings (SSSR count). The standard InChI is InChI=1S/C19H24N4OS/c20-16(24)12-4-3-9-23(10-12)18-15-13-5-1-2-6-14(13)25-19(15)22-17(21-18)11-7-8-11/h11-12H,1-10H2,(H2,20,24). The van der Waals surface area contributed by atoms with Crippen molar-refractivity contribution in [1.82, 2.24) is 9.97 Å². The molecule has 2 N–H and O–H groups in total. The van der Waals surface area contributed by atoms with Crippen molar-refractivity contribution in [3.63, 3.8) is 0 Å². The number of nitrogens with two attached hydrogens (primary N) is 1. The maximum absolute atomic E-state index is 11.7. The lowest BCUT2D eigenvalue weighted by Gasteiger charge is -2.33. The van der Waals surface area contributed by atoms with Crippen molar-refractivity contribution in [2.45, 2.75) is 57.3 Å². The Morgan fingerprint density at radius 3 is 2.76 bits per heavy atom. The fourth-order valence-electron chi connectivity index (χ4n) is 4.31. The number of carbonyl (C=O) groups excluding carboxylic acids is 1. The van der Waals surface area contributed by atoms with E-state index < -0.39 is 0 Å². The number of thiophene rings is 1. The second kappa shape index (κ2) is 5.94. The van der Waals surface area contributed by atoms with E-state index in [2.05, 4.69) is 4.90 Å². The van der Waals surface area contributed by atoms with Crippen LogP contribution >= 0.6 is 11.3 Å². The van der Waals surface area contributed by atoms with Gasteiger partial charge in [-0.05, 0) is 56.9 Å². The summed E-state index contributed by atoms with van der Waals surface area (Å²) in [5.41, 5.74) is 7.08. The maximum atomic E-state index is 11.7. The third kappa shape index (κ3) is 2.71. The monoisotopic (exact) mass is 356 g/mol. The van der Waals surface area contributed by atoms with Gasteiger partial charge in [0.1, 0.15) is 16.5 Å². The van der Waals surface area contributed by atoms with Crippen molar-refractivity contribution in [2.75, 3.05) is 18.0 Å². The van der Waals surface area contributed by atoms with Crippen LogP contribution in [0.4, 0.5) is 5.82 Å². The normalized spacial score (nSPS) is 23.7. The number of hydrogen-bond donors (Lipinski definition) is 1. The first-order valence-electron chi connectivity index (χ1n) is 9.57. The average molecular weight is 356 g/mol. The molecular weight excluding hydrogens is 332 g/mol. The highest BCUT2D eigenvalue weighted by Gasteiger charge is 2.32. The summed E-state index contributed by atoms with van der Waals surface area (Å²) in [6.07, 6.45) is 9.18. The summed E-state index contributed by atoms with van der Waals surface area (Å²) in [4.78, 5) is 26.7. The van der Waals surface area contributed by atoms with Crippen LogP contribution in [0.25, 0.3) is 10.2 Å². The van der Waals surface area contributed by atoms with Crippen LogP contribution in [0.2, 0.25) is 0 Å². The minimum atomic E-state index is -0.176. The van der Waals surface area contributed by atoms with Crippen molar-refractivity contribution >= 4 is 33.3 Å². The van der Waals surface area contributed by atoms with Crippen LogP contribution in [0, 0.1) is 5.92 Å². The molecule has 0 bridgehead atoms. The first kappa shape index (κ1) is 15.6. The zero-order chi connectivity index (χ0) is 17.0. The van der Waals surface area contributed by atoms with Crippen LogP contribution in [0.1, 0.15) is 60.7 Å². The van der Waals surface area contributed by atoms with Gasteiger partial charge in [0.05, 0.1) is 11.3 Å². The largest absolute Gasteiger partial charge is 0.369 e. The lowest BCUT2D eigenvalue weighted by Crippen LogP contribution is -2.41. The summed E-state index contributed by atoms with van der Waals surface area (Å²) < 4.78 is 0. The molecule has 0 aromatic carbocycles. The number of fused-ring (bicyclic) bond motifs is 3. The SMILES string of the molecule is NC(=O)C1CCCN(c2nc(C3CC3)nc3sc4c(c23)CCCC4)C1. The topological polar surface area (TPSA) is 72.1 Å². The number of aryl methyl sites for hydroxylation is 2. The number of rotatable bonds is 3. The van der Waals surface area contributed by atoms with E-state index in [0.717, 1.165) is 37.4 Å². The number of amides is 1. The second-order valence-electron chi connectivity index (χ2n) is 7.76. The fourth-order valence-corrected chi connectivity index (χ4v) is 5.57. The van der Waals surface area contributed by atoms with E-state index in [1.807, 2.05) is 11.3 Å². The number of primary amides is 1. The summed E-state index contributed by atoms with van der Waals surface area (Å²) in [6, 6.07) is 0. The number of carbonyl (C=O) groups is 1. The lowest BCUT2D eigenvalue weighted by atomic mass is 9.95. The van der Waals surface area contributed by atoms with E-state index in [1.54, 1.807) is 0 Å². The Morgan fingerprint density at radius 1 is 1.12 bits per heavy atom. The molecule has 5 nitrogen and oxygen atoms in total. The first-order chi connectivity index (χ1) is 12.2. The summed E-state index contributed by atoms with van der Waals surface area (Å²) in [5.74, 6) is 2.40. The number of nitrogens with zero attached hydrogens (tertiary/aromatic N) is 3. The van der Waals surface area contributed by atoms with E-state index in [9.17, 15) is 4.79 Å². The van der Waals surface area contributed by atoms with Crippen molar-refractivity contribution < 1.29 is 4.79 Å². The molecule has 2 fully saturated rings. The zero-order valence-corrected chi connectivity index (χ0v) is 15.3. The summed E-state index contributed by atoms with van der Waals surface area (Å²) >= 11 is 1.87. The molecule has 25 heavy (non-hydrogen) atoms. The summed E-state index contributed by atoms with van der Waals surface area (Å²) in [7, 11) is 0. The summed E-state index contributed by atoms with van der Waals surface area (Å²) in [6.45, 7) is 1.67. The van der Waals surface area contributed by atoms with Crippen LogP contribution in [0.3, 0.4) is 0 Å². The molecule has 2 aromatic heterocycles. The molecule has 1 saturated heterocycles. The number of piperidine rings is 1. The Morgan fingerprint density at radius 2 is 1.96 bits per heavy atom. The van der Waals surface area contributed by atoms with Gasteiger partial charge in [-0.25, -0.2) is 9.97 Å². The smallest absolute Gasteiger partial charge is 0.222 e. The molecule has 3 aliphatic rings. The van der Waals surface area contributed by atoms with Crippen LogP contribution in [-0.2, 0) is 17.6 Å². The third-order valence-electron chi connectivity index (χ3n) is 5.88. The highest BCUT2D eigenvalue weighted by atomic mass is 32.1. The van der Waals surface area contributed by atoms with E-state index in [4.69, 9.17) is 15.7 Å². The number of anilines is 1. The van der Waals surface area contributed by atoms with Crippen LogP contribution < -0.4 is 10.6 Å². The molecule has 3 heterocycles. The third-order valence-corrected chi connectivity index (χ3v) is 7.06. The highest BCUT2D eigenvalue weighted by Crippen LogP contribution is 2.44. The minimum absolute atomic E-state index is 0.0578. The molecular formula is C19H24N4OS. The number of aromatic nitrogens is 2. The molecule has 2 aromatic rings. The van der Waals surface area contributed by atoms with Gasteiger partial charge >= 0.3 is 0 Å². The van der Waals surface area contributed by atoms with Crippen LogP contribution in [0.5, 0.6) is 0 Å². The van der Waals surface area contributed by atoms with Gasteiger partial charge in [0.25, 0.3) is 0 Å². The van der Waals surface area contributed by atoms with Gasteiger partial charge in [0, 0.05) is 23.9 Å². The molecule has 1 unspecified atom stereocenters. The quantitative estimate of drug-likeness (QED) is 0.917. The van der Waals surface area contributed by atoms with Gasteiger partial charge in [-0.3, -0.25) is 4.79 Å². The second-order valence-corrected chi connectivity index (χ2v) is 8.84. The van der Waals surface area contributed by atoms with Gasteiger partial charge in [-0.15, -0.1) is 11.3 Å². The molecule has 0 spiro atoms. The molecule has 1 aliphatic heterocycles. The summed E-state index contributed by atoms with van der Waals surface area (Å²) in [5, 5.41) is 1.27. The van der Waals surface area contributed by atoms with Gasteiger partial charge < -0.3 is 10.6 Å². The Bertz CT molecular complexity index is 842. The van der Waals surface area contributed by atoms with Gasteiger partial charge in [-0.1, -0.05) is 0 Å². The molecule has 132 valence electrons. The highest BCUT2D eigenvalue weighted by molar-refractivity contribution is 7.19. The molecule has 6 heteroatoms. The Hall–Kier alpha value is -1.69. The van der Waals surface area contributed by atoms with Crippen LogP contribution in [-0.4, -0.2) is 29.0 Å². The van der Waals surface area contributed by atoms with Crippen molar-refractivity contribution in [3.05, 3.63) is 16.3 Å². The molecule has 1 atom stereocenters.